The molecule has 0 radical (unpaired) electrons. The summed E-state index contributed by atoms with van der Waals surface area (Å²) in [4.78, 5) is 25.0. The normalized spacial score (nSPS) is 14.7. The van der Waals surface area contributed by atoms with Gasteiger partial charge in [-0.05, 0) is 61.9 Å². The summed E-state index contributed by atoms with van der Waals surface area (Å²) < 4.78 is 0. The van der Waals surface area contributed by atoms with Crippen molar-refractivity contribution < 1.29 is 9.59 Å². The predicted molar refractivity (Wildman–Crippen MR) is 109 cm³/mol. The van der Waals surface area contributed by atoms with Crippen LogP contribution in [0, 0.1) is 12.8 Å². The third-order valence-electron chi connectivity index (χ3n) is 5.17. The Kier molecular flexibility index (Phi) is 5.64. The van der Waals surface area contributed by atoms with Gasteiger partial charge in [-0.3, -0.25) is 9.59 Å². The van der Waals surface area contributed by atoms with Gasteiger partial charge in [0, 0.05) is 17.8 Å². The van der Waals surface area contributed by atoms with Crippen molar-refractivity contribution in [1.29, 1.82) is 0 Å². The van der Waals surface area contributed by atoms with Crippen LogP contribution in [-0.2, 0) is 10.2 Å². The average molecular weight is 364 g/mol. The summed E-state index contributed by atoms with van der Waals surface area (Å²) >= 11 is 0. The van der Waals surface area contributed by atoms with Crippen molar-refractivity contribution in [1.82, 2.24) is 5.32 Å². The second-order valence-electron chi connectivity index (χ2n) is 7.92. The van der Waals surface area contributed by atoms with E-state index in [0.29, 0.717) is 11.5 Å². The van der Waals surface area contributed by atoms with Gasteiger partial charge in [-0.1, -0.05) is 43.7 Å². The van der Waals surface area contributed by atoms with Crippen LogP contribution in [0.3, 0.4) is 0 Å². The molecule has 2 aromatic rings. The Bertz CT molecular complexity index is 821. The summed E-state index contributed by atoms with van der Waals surface area (Å²) in [5, 5.41) is 6.00. The fraction of sp³-hybridized carbons (Fsp3) is 0.391. The lowest BCUT2D eigenvalue weighted by molar-refractivity contribution is -0.123. The highest BCUT2D eigenvalue weighted by molar-refractivity contribution is 6.04. The summed E-state index contributed by atoms with van der Waals surface area (Å²) in [5.74, 6) is 0.579. The SMILES string of the molecule is Cc1cccc(C(=O)Nc2ccc(C3(C(=O)NCCC(C)C)CC3)cc2)c1. The highest BCUT2D eigenvalue weighted by atomic mass is 16.2. The third kappa shape index (κ3) is 4.57. The number of aryl methyl sites for hydroxylation is 1. The summed E-state index contributed by atoms with van der Waals surface area (Å²) in [7, 11) is 0. The Hall–Kier alpha value is -2.62. The van der Waals surface area contributed by atoms with Crippen molar-refractivity contribution >= 4 is 17.5 Å². The highest BCUT2D eigenvalue weighted by Gasteiger charge is 2.50. The molecule has 0 saturated heterocycles. The molecule has 1 aliphatic rings. The van der Waals surface area contributed by atoms with Crippen LogP contribution in [0.2, 0.25) is 0 Å². The van der Waals surface area contributed by atoms with Crippen molar-refractivity contribution in [3.63, 3.8) is 0 Å². The minimum atomic E-state index is -0.379. The number of benzene rings is 2. The first-order valence-corrected chi connectivity index (χ1v) is 9.67. The number of nitrogens with one attached hydrogen (secondary N) is 2. The van der Waals surface area contributed by atoms with Crippen LogP contribution in [0.4, 0.5) is 5.69 Å². The molecule has 2 amide bonds. The van der Waals surface area contributed by atoms with Crippen molar-refractivity contribution in [3.05, 3.63) is 65.2 Å². The number of carbonyl (C=O) groups is 2. The summed E-state index contributed by atoms with van der Waals surface area (Å²) in [6, 6.07) is 15.2. The Morgan fingerprint density at radius 3 is 2.37 bits per heavy atom. The highest BCUT2D eigenvalue weighted by Crippen LogP contribution is 2.48. The van der Waals surface area contributed by atoms with Crippen LogP contribution in [0.1, 0.15) is 54.6 Å². The molecule has 0 atom stereocenters. The van der Waals surface area contributed by atoms with Gasteiger partial charge in [0.2, 0.25) is 5.91 Å². The van der Waals surface area contributed by atoms with Crippen molar-refractivity contribution in [3.8, 4) is 0 Å². The largest absolute Gasteiger partial charge is 0.355 e. The monoisotopic (exact) mass is 364 g/mol. The summed E-state index contributed by atoms with van der Waals surface area (Å²) in [5.41, 5.74) is 3.08. The van der Waals surface area contributed by atoms with E-state index in [1.807, 2.05) is 49.4 Å². The zero-order chi connectivity index (χ0) is 19.4. The van der Waals surface area contributed by atoms with Crippen LogP contribution in [0.25, 0.3) is 0 Å². The van der Waals surface area contributed by atoms with Crippen LogP contribution < -0.4 is 10.6 Å². The Morgan fingerprint density at radius 2 is 1.78 bits per heavy atom. The maximum absolute atomic E-state index is 12.6. The van der Waals surface area contributed by atoms with Gasteiger partial charge in [0.25, 0.3) is 5.91 Å². The van der Waals surface area contributed by atoms with Crippen molar-refractivity contribution in [2.24, 2.45) is 5.92 Å². The molecule has 2 N–H and O–H groups in total. The molecule has 142 valence electrons. The molecule has 4 nitrogen and oxygen atoms in total. The van der Waals surface area contributed by atoms with Gasteiger partial charge in [-0.15, -0.1) is 0 Å². The van der Waals surface area contributed by atoms with Gasteiger partial charge in [-0.2, -0.15) is 0 Å². The molecule has 4 heteroatoms. The lowest BCUT2D eigenvalue weighted by atomic mass is 9.94. The predicted octanol–water partition coefficient (Wildman–Crippen LogP) is 4.44. The van der Waals surface area contributed by atoms with Gasteiger partial charge >= 0.3 is 0 Å². The fourth-order valence-electron chi connectivity index (χ4n) is 3.28. The minimum Gasteiger partial charge on any atom is -0.355 e. The number of hydrogen-bond acceptors (Lipinski definition) is 2. The van der Waals surface area contributed by atoms with Gasteiger partial charge in [-0.25, -0.2) is 0 Å². The number of carbonyl (C=O) groups excluding carboxylic acids is 2. The molecule has 1 aliphatic carbocycles. The number of rotatable bonds is 7. The molecule has 1 fully saturated rings. The molecule has 1 saturated carbocycles. The van der Waals surface area contributed by atoms with E-state index in [1.165, 1.54) is 0 Å². The van der Waals surface area contributed by atoms with Crippen molar-refractivity contribution in [2.75, 3.05) is 11.9 Å². The zero-order valence-corrected chi connectivity index (χ0v) is 16.3. The van der Waals surface area contributed by atoms with E-state index in [1.54, 1.807) is 6.07 Å². The molecule has 0 spiro atoms. The van der Waals surface area contributed by atoms with Crippen LogP contribution in [0.5, 0.6) is 0 Å². The van der Waals surface area contributed by atoms with E-state index in [0.717, 1.165) is 42.6 Å². The molecule has 0 aromatic heterocycles. The topological polar surface area (TPSA) is 58.2 Å². The zero-order valence-electron chi connectivity index (χ0n) is 16.3. The number of anilines is 1. The molecule has 0 aliphatic heterocycles. The second-order valence-corrected chi connectivity index (χ2v) is 7.92. The molecule has 0 bridgehead atoms. The molecular weight excluding hydrogens is 336 g/mol. The molecule has 2 aromatic carbocycles. The van der Waals surface area contributed by atoms with Crippen LogP contribution >= 0.6 is 0 Å². The second kappa shape index (κ2) is 7.95. The lowest BCUT2D eigenvalue weighted by Crippen LogP contribution is -2.35. The van der Waals surface area contributed by atoms with E-state index in [2.05, 4.69) is 24.5 Å². The summed E-state index contributed by atoms with van der Waals surface area (Å²) in [6.45, 7) is 7.00. The first-order valence-electron chi connectivity index (χ1n) is 9.67. The van der Waals surface area contributed by atoms with Crippen LogP contribution in [-0.4, -0.2) is 18.4 Å². The molecule has 0 unspecified atom stereocenters. The Balaban J connectivity index is 1.63. The van der Waals surface area contributed by atoms with Crippen LogP contribution in [0.15, 0.2) is 48.5 Å². The lowest BCUT2D eigenvalue weighted by Gasteiger charge is -2.17. The Morgan fingerprint density at radius 1 is 1.07 bits per heavy atom. The van der Waals surface area contributed by atoms with Gasteiger partial charge < -0.3 is 10.6 Å². The van der Waals surface area contributed by atoms with Crippen molar-refractivity contribution in [2.45, 2.75) is 45.4 Å². The third-order valence-corrected chi connectivity index (χ3v) is 5.17. The molecular formula is C23H28N2O2. The number of hydrogen-bond donors (Lipinski definition) is 2. The standard InChI is InChI=1S/C23H28N2O2/c1-16(2)11-14-24-22(27)23(12-13-23)19-7-9-20(10-8-19)25-21(26)18-6-4-5-17(3)15-18/h4-10,15-16H,11-14H2,1-3H3,(H,24,27)(H,25,26). The minimum absolute atomic E-state index is 0.125. The maximum atomic E-state index is 12.6. The first kappa shape index (κ1) is 19.2. The number of amides is 2. The van der Waals surface area contributed by atoms with Gasteiger partial charge in [0.05, 0.1) is 5.41 Å². The molecule has 3 rings (SSSR count). The van der Waals surface area contributed by atoms with E-state index >= 15 is 0 Å². The van der Waals surface area contributed by atoms with E-state index in [-0.39, 0.29) is 17.2 Å². The van der Waals surface area contributed by atoms with E-state index in [9.17, 15) is 9.59 Å². The fourth-order valence-corrected chi connectivity index (χ4v) is 3.28. The first-order chi connectivity index (χ1) is 12.9. The van der Waals surface area contributed by atoms with E-state index < -0.39 is 0 Å². The average Bonchev–Trinajstić information content (AvgIpc) is 3.44. The quantitative estimate of drug-likeness (QED) is 0.763. The molecule has 27 heavy (non-hydrogen) atoms. The molecule has 0 heterocycles. The van der Waals surface area contributed by atoms with E-state index in [4.69, 9.17) is 0 Å². The maximum Gasteiger partial charge on any atom is 0.255 e. The van der Waals surface area contributed by atoms with Gasteiger partial charge in [0.15, 0.2) is 0 Å². The van der Waals surface area contributed by atoms with Gasteiger partial charge in [0.1, 0.15) is 0 Å². The Labute approximate surface area is 161 Å². The smallest absolute Gasteiger partial charge is 0.255 e. The summed E-state index contributed by atoms with van der Waals surface area (Å²) in [6.07, 6.45) is 2.76.